The molecule has 0 radical (unpaired) electrons. The lowest BCUT2D eigenvalue weighted by Crippen LogP contribution is -2.41. The van der Waals surface area contributed by atoms with Crippen LogP contribution in [0.4, 0.5) is 0 Å². The largest absolute Gasteiger partial charge is 0.393 e. The van der Waals surface area contributed by atoms with E-state index in [1.807, 2.05) is 46.2 Å². The number of hydrogen-bond acceptors (Lipinski definition) is 3. The van der Waals surface area contributed by atoms with Crippen LogP contribution in [0.1, 0.15) is 67.8 Å². The quantitative estimate of drug-likeness (QED) is 0.487. The molecule has 2 amide bonds. The van der Waals surface area contributed by atoms with Crippen LogP contribution in [0.15, 0.2) is 36.4 Å². The number of likely N-dealkylation sites (tertiary alicyclic amines) is 2. The molecule has 2 aromatic carbocycles. The molecular weight excluding hydrogens is 507 g/mol. The summed E-state index contributed by atoms with van der Waals surface area (Å²) in [6, 6.07) is 11.7. The van der Waals surface area contributed by atoms with Crippen molar-refractivity contribution in [3.05, 3.63) is 57.6 Å². The summed E-state index contributed by atoms with van der Waals surface area (Å²) in [5, 5.41) is 10.9. The van der Waals surface area contributed by atoms with Crippen molar-refractivity contribution < 1.29 is 14.7 Å². The second-order valence-corrected chi connectivity index (χ2v) is 12.0. The predicted molar refractivity (Wildman–Crippen MR) is 148 cm³/mol. The SMILES string of the molecule is CC1CCN(C(=O)c2ccc(-c3cc(Cl)c(CC4CCN(C5CCC(O)CC5)C4=O)c(Cl)c3)cc2)CC1. The molecule has 1 saturated carbocycles. The van der Waals surface area contributed by atoms with E-state index in [1.54, 1.807) is 0 Å². The molecule has 37 heavy (non-hydrogen) atoms. The Bertz CT molecular complexity index is 1110. The highest BCUT2D eigenvalue weighted by Gasteiger charge is 2.37. The maximum Gasteiger partial charge on any atom is 0.253 e. The van der Waals surface area contributed by atoms with Crippen LogP contribution in [0.5, 0.6) is 0 Å². The molecule has 2 aliphatic heterocycles. The van der Waals surface area contributed by atoms with E-state index in [-0.39, 0.29) is 29.9 Å². The van der Waals surface area contributed by atoms with Crippen molar-refractivity contribution in [3.8, 4) is 11.1 Å². The summed E-state index contributed by atoms with van der Waals surface area (Å²) in [5.74, 6) is 0.836. The van der Waals surface area contributed by atoms with Crippen molar-refractivity contribution in [2.45, 2.75) is 70.4 Å². The van der Waals surface area contributed by atoms with Crippen molar-refractivity contribution in [1.29, 1.82) is 0 Å². The van der Waals surface area contributed by atoms with Crippen molar-refractivity contribution in [3.63, 3.8) is 0 Å². The number of piperidine rings is 1. The minimum atomic E-state index is -0.226. The Balaban J connectivity index is 1.25. The van der Waals surface area contributed by atoms with E-state index < -0.39 is 0 Å². The van der Waals surface area contributed by atoms with E-state index in [2.05, 4.69) is 6.92 Å². The second-order valence-electron chi connectivity index (χ2n) is 11.2. The third-order valence-electron chi connectivity index (χ3n) is 8.59. The molecule has 1 aliphatic carbocycles. The molecule has 1 unspecified atom stereocenters. The van der Waals surface area contributed by atoms with Crippen molar-refractivity contribution in [1.82, 2.24) is 9.80 Å². The second kappa shape index (κ2) is 11.3. The third-order valence-corrected chi connectivity index (χ3v) is 9.26. The van der Waals surface area contributed by atoms with Gasteiger partial charge in [-0.25, -0.2) is 0 Å². The lowest BCUT2D eigenvalue weighted by molar-refractivity contribution is -0.133. The molecule has 0 spiro atoms. The van der Waals surface area contributed by atoms with Crippen LogP contribution in [0.2, 0.25) is 10.0 Å². The number of carbonyl (C=O) groups excluding carboxylic acids is 2. The molecule has 1 N–H and O–H groups in total. The maximum atomic E-state index is 13.2. The van der Waals surface area contributed by atoms with Gasteiger partial charge in [0.25, 0.3) is 5.91 Å². The van der Waals surface area contributed by atoms with E-state index in [4.69, 9.17) is 23.2 Å². The van der Waals surface area contributed by atoms with Gasteiger partial charge in [-0.15, -0.1) is 0 Å². The van der Waals surface area contributed by atoms with Crippen LogP contribution < -0.4 is 0 Å². The molecule has 7 heteroatoms. The van der Waals surface area contributed by atoms with E-state index in [1.165, 1.54) is 0 Å². The fraction of sp³-hybridized carbons (Fsp3) is 0.533. The Morgan fingerprint density at radius 3 is 2.14 bits per heavy atom. The van der Waals surface area contributed by atoms with Crippen LogP contribution in [-0.4, -0.2) is 58.5 Å². The fourth-order valence-corrected chi connectivity index (χ4v) is 6.74. The first-order valence-electron chi connectivity index (χ1n) is 13.7. The van der Waals surface area contributed by atoms with Gasteiger partial charge in [0.1, 0.15) is 0 Å². The molecule has 3 aliphatic rings. The lowest BCUT2D eigenvalue weighted by atomic mass is 9.92. The van der Waals surface area contributed by atoms with Gasteiger partial charge in [0, 0.05) is 47.2 Å². The highest BCUT2D eigenvalue weighted by atomic mass is 35.5. The molecule has 0 aromatic heterocycles. The van der Waals surface area contributed by atoms with Crippen molar-refractivity contribution >= 4 is 35.0 Å². The topological polar surface area (TPSA) is 60.9 Å². The molecule has 2 saturated heterocycles. The van der Waals surface area contributed by atoms with Gasteiger partial charge in [0.15, 0.2) is 0 Å². The number of aliphatic hydroxyl groups is 1. The van der Waals surface area contributed by atoms with Gasteiger partial charge in [-0.05, 0) is 98.2 Å². The summed E-state index contributed by atoms with van der Waals surface area (Å²) >= 11 is 13.4. The third kappa shape index (κ3) is 5.84. The van der Waals surface area contributed by atoms with Crippen LogP contribution >= 0.6 is 23.2 Å². The normalized spacial score (nSPS) is 25.1. The molecule has 2 aromatic rings. The molecule has 5 nitrogen and oxygen atoms in total. The summed E-state index contributed by atoms with van der Waals surface area (Å²) in [7, 11) is 0. The lowest BCUT2D eigenvalue weighted by Gasteiger charge is -2.33. The molecular formula is C30H36Cl2N2O3. The summed E-state index contributed by atoms with van der Waals surface area (Å²) < 4.78 is 0. The number of amides is 2. The van der Waals surface area contributed by atoms with E-state index in [9.17, 15) is 14.7 Å². The van der Waals surface area contributed by atoms with Gasteiger partial charge in [-0.1, -0.05) is 42.3 Å². The Morgan fingerprint density at radius 2 is 1.51 bits per heavy atom. The molecule has 3 fully saturated rings. The molecule has 5 rings (SSSR count). The minimum Gasteiger partial charge on any atom is -0.393 e. The predicted octanol–water partition coefficient (Wildman–Crippen LogP) is 6.23. The first kappa shape index (κ1) is 26.5. The number of carbonyl (C=O) groups is 2. The molecule has 0 bridgehead atoms. The first-order chi connectivity index (χ1) is 17.8. The fourth-order valence-electron chi connectivity index (χ4n) is 6.10. The highest BCUT2D eigenvalue weighted by Crippen LogP contribution is 2.37. The number of rotatable bonds is 5. The van der Waals surface area contributed by atoms with Gasteiger partial charge in [-0.2, -0.15) is 0 Å². The number of halogens is 2. The standard InChI is InChI=1S/C30H36Cl2N2O3/c1-19-10-13-33(14-11-19)29(36)21-4-2-20(3-5-21)23-17-27(31)26(28(32)18-23)16-22-12-15-34(30(22)37)24-6-8-25(35)9-7-24/h2-5,17-19,22,24-25,35H,6-16H2,1H3. The Morgan fingerprint density at radius 1 is 0.892 bits per heavy atom. The Kier molecular flexibility index (Phi) is 8.13. The smallest absolute Gasteiger partial charge is 0.253 e. The van der Waals surface area contributed by atoms with E-state index in [0.717, 1.165) is 81.3 Å². The van der Waals surface area contributed by atoms with Crippen molar-refractivity contribution in [2.24, 2.45) is 11.8 Å². The number of hydrogen-bond donors (Lipinski definition) is 1. The maximum absolute atomic E-state index is 13.2. The average molecular weight is 544 g/mol. The van der Waals surface area contributed by atoms with E-state index >= 15 is 0 Å². The highest BCUT2D eigenvalue weighted by molar-refractivity contribution is 6.36. The molecule has 198 valence electrons. The number of aliphatic hydroxyl groups excluding tert-OH is 1. The van der Waals surface area contributed by atoms with Crippen LogP contribution in [0.3, 0.4) is 0 Å². The number of benzene rings is 2. The van der Waals surface area contributed by atoms with Gasteiger partial charge >= 0.3 is 0 Å². The summed E-state index contributed by atoms with van der Waals surface area (Å²) in [6.45, 7) is 4.64. The summed E-state index contributed by atoms with van der Waals surface area (Å²) in [4.78, 5) is 30.0. The molecule has 1 atom stereocenters. The average Bonchev–Trinajstić information content (AvgIpc) is 3.26. The number of nitrogens with zero attached hydrogens (tertiary/aromatic N) is 2. The minimum absolute atomic E-state index is 0.0875. The van der Waals surface area contributed by atoms with Crippen LogP contribution in [0, 0.1) is 11.8 Å². The summed E-state index contributed by atoms with van der Waals surface area (Å²) in [6.07, 6.45) is 6.51. The van der Waals surface area contributed by atoms with E-state index in [0.29, 0.717) is 27.9 Å². The Hall–Kier alpha value is -2.08. The zero-order valence-electron chi connectivity index (χ0n) is 21.5. The Labute approximate surface area is 229 Å². The van der Waals surface area contributed by atoms with Gasteiger partial charge < -0.3 is 14.9 Å². The summed E-state index contributed by atoms with van der Waals surface area (Å²) in [5.41, 5.74) is 3.35. The van der Waals surface area contributed by atoms with Gasteiger partial charge in [-0.3, -0.25) is 9.59 Å². The van der Waals surface area contributed by atoms with Crippen LogP contribution in [-0.2, 0) is 11.2 Å². The first-order valence-corrected chi connectivity index (χ1v) is 14.4. The van der Waals surface area contributed by atoms with Gasteiger partial charge in [0.05, 0.1) is 6.10 Å². The van der Waals surface area contributed by atoms with Crippen LogP contribution in [0.25, 0.3) is 11.1 Å². The van der Waals surface area contributed by atoms with Gasteiger partial charge in [0.2, 0.25) is 5.91 Å². The molecule has 2 heterocycles. The monoisotopic (exact) mass is 542 g/mol. The van der Waals surface area contributed by atoms with Crippen molar-refractivity contribution in [2.75, 3.05) is 19.6 Å². The zero-order valence-corrected chi connectivity index (χ0v) is 23.0. The zero-order chi connectivity index (χ0) is 26.1.